The number of pyridine rings is 1. The number of benzene rings is 2. The third kappa shape index (κ3) is 4.14. The number of halogens is 2. The zero-order chi connectivity index (χ0) is 22.9. The number of nitrogens with one attached hydrogen (secondary N) is 2. The number of likely N-dealkylation sites (N-methyl/N-ethyl adjacent to an activating group) is 1. The Kier molecular flexibility index (Phi) is 5.47. The lowest BCUT2D eigenvalue weighted by atomic mass is 10.0. The molecule has 4 aromatic rings. The van der Waals surface area contributed by atoms with Crippen LogP contribution in [0.25, 0.3) is 22.0 Å². The van der Waals surface area contributed by atoms with Crippen molar-refractivity contribution in [2.24, 2.45) is 0 Å². The monoisotopic (exact) mass is 448 g/mol. The van der Waals surface area contributed by atoms with E-state index < -0.39 is 17.5 Å². The fourth-order valence-electron chi connectivity index (χ4n) is 3.98. The number of nitrogens with zero attached hydrogens (tertiary/aromatic N) is 4. The predicted octanol–water partition coefficient (Wildman–Crippen LogP) is 3.91. The number of piperazine rings is 1. The lowest BCUT2D eigenvalue weighted by Crippen LogP contribution is -2.44. The average molecular weight is 448 g/mol. The minimum Gasteiger partial charge on any atom is -0.354 e. The molecule has 7 nitrogen and oxygen atoms in total. The van der Waals surface area contributed by atoms with Crippen LogP contribution in [0.1, 0.15) is 10.5 Å². The van der Waals surface area contributed by atoms with Crippen LogP contribution in [0.2, 0.25) is 0 Å². The third-order valence-corrected chi connectivity index (χ3v) is 5.87. The van der Waals surface area contributed by atoms with Crippen molar-refractivity contribution in [3.8, 4) is 11.1 Å². The lowest BCUT2D eigenvalue weighted by molar-refractivity contribution is 0.102. The van der Waals surface area contributed by atoms with Crippen LogP contribution in [0.4, 0.5) is 20.3 Å². The van der Waals surface area contributed by atoms with Gasteiger partial charge >= 0.3 is 0 Å². The van der Waals surface area contributed by atoms with Crippen molar-refractivity contribution in [3.63, 3.8) is 0 Å². The minimum absolute atomic E-state index is 0.121. The van der Waals surface area contributed by atoms with Crippen molar-refractivity contribution in [2.45, 2.75) is 0 Å². The van der Waals surface area contributed by atoms with Crippen LogP contribution in [-0.2, 0) is 0 Å². The van der Waals surface area contributed by atoms with Gasteiger partial charge in [-0.2, -0.15) is 5.10 Å². The van der Waals surface area contributed by atoms with Crippen molar-refractivity contribution in [3.05, 3.63) is 72.1 Å². The fraction of sp³-hybridized carbons (Fsp3) is 0.208. The van der Waals surface area contributed by atoms with Crippen molar-refractivity contribution in [1.82, 2.24) is 20.1 Å². The van der Waals surface area contributed by atoms with E-state index in [0.29, 0.717) is 22.2 Å². The average Bonchev–Trinajstić information content (AvgIpc) is 3.25. The molecule has 1 amide bonds. The Morgan fingerprint density at radius 2 is 1.88 bits per heavy atom. The third-order valence-electron chi connectivity index (χ3n) is 5.87. The minimum atomic E-state index is -0.931. The molecule has 1 aliphatic heterocycles. The van der Waals surface area contributed by atoms with Crippen LogP contribution < -0.4 is 10.2 Å². The summed E-state index contributed by atoms with van der Waals surface area (Å²) in [5.74, 6) is -1.46. The zero-order valence-corrected chi connectivity index (χ0v) is 18.0. The molecular formula is C24H22F2N6O. The normalized spacial score (nSPS) is 14.6. The van der Waals surface area contributed by atoms with Crippen LogP contribution in [0.5, 0.6) is 0 Å². The summed E-state index contributed by atoms with van der Waals surface area (Å²) >= 11 is 0. The number of hydrogen-bond donors (Lipinski definition) is 2. The highest BCUT2D eigenvalue weighted by Gasteiger charge is 2.19. The Morgan fingerprint density at radius 3 is 2.70 bits per heavy atom. The van der Waals surface area contributed by atoms with Gasteiger partial charge in [-0.15, -0.1) is 0 Å². The first-order valence-electron chi connectivity index (χ1n) is 10.6. The van der Waals surface area contributed by atoms with Crippen LogP contribution in [0.3, 0.4) is 0 Å². The summed E-state index contributed by atoms with van der Waals surface area (Å²) in [6.07, 6.45) is 1.66. The Bertz CT molecular complexity index is 1330. The standard InChI is InChI=1S/C24H22F2N6O/c1-31-9-11-32(12-10-31)21-14-16(7-8-27-21)28-24(33)23-18-13-15(5-6-20(18)29-30-23)17-3-2-4-19(25)22(17)26/h2-8,13-14H,9-12H2,1H3,(H,29,30)(H,27,28,33). The van der Waals surface area contributed by atoms with Crippen LogP contribution in [0, 0.1) is 11.6 Å². The Morgan fingerprint density at radius 1 is 1.06 bits per heavy atom. The first-order valence-corrected chi connectivity index (χ1v) is 10.6. The van der Waals surface area contributed by atoms with Gasteiger partial charge in [-0.1, -0.05) is 18.2 Å². The van der Waals surface area contributed by atoms with Crippen LogP contribution >= 0.6 is 0 Å². The Balaban J connectivity index is 1.41. The van der Waals surface area contributed by atoms with Gasteiger partial charge < -0.3 is 15.1 Å². The van der Waals surface area contributed by atoms with Crippen molar-refractivity contribution >= 4 is 28.3 Å². The molecule has 0 saturated carbocycles. The molecule has 0 unspecified atom stereocenters. The lowest BCUT2D eigenvalue weighted by Gasteiger charge is -2.33. The summed E-state index contributed by atoms with van der Waals surface area (Å²) in [4.78, 5) is 21.9. The maximum absolute atomic E-state index is 14.3. The molecule has 1 fully saturated rings. The number of fused-ring (bicyclic) bond motifs is 1. The molecule has 0 atom stereocenters. The molecule has 2 N–H and O–H groups in total. The number of amides is 1. The van der Waals surface area contributed by atoms with E-state index in [0.717, 1.165) is 38.1 Å². The van der Waals surface area contributed by atoms with Crippen LogP contribution in [-0.4, -0.2) is 59.2 Å². The molecule has 2 aromatic heterocycles. The van der Waals surface area contributed by atoms with Gasteiger partial charge in [0.2, 0.25) is 0 Å². The molecule has 1 saturated heterocycles. The second kappa shape index (κ2) is 8.59. The van der Waals surface area contributed by atoms with Gasteiger partial charge in [-0.25, -0.2) is 13.8 Å². The number of rotatable bonds is 4. The highest BCUT2D eigenvalue weighted by atomic mass is 19.2. The second-order valence-corrected chi connectivity index (χ2v) is 8.08. The fourth-order valence-corrected chi connectivity index (χ4v) is 3.98. The first kappa shape index (κ1) is 21.0. The zero-order valence-electron chi connectivity index (χ0n) is 18.0. The summed E-state index contributed by atoms with van der Waals surface area (Å²) < 4.78 is 28.0. The molecule has 33 heavy (non-hydrogen) atoms. The van der Waals surface area contributed by atoms with E-state index in [2.05, 4.69) is 37.3 Å². The van der Waals surface area contributed by atoms with Crippen molar-refractivity contribution in [1.29, 1.82) is 0 Å². The van der Waals surface area contributed by atoms with Crippen molar-refractivity contribution < 1.29 is 13.6 Å². The molecule has 5 rings (SSSR count). The summed E-state index contributed by atoms with van der Waals surface area (Å²) in [5, 5.41) is 10.4. The maximum Gasteiger partial charge on any atom is 0.276 e. The molecular weight excluding hydrogens is 426 g/mol. The van der Waals surface area contributed by atoms with E-state index in [-0.39, 0.29) is 11.3 Å². The largest absolute Gasteiger partial charge is 0.354 e. The second-order valence-electron chi connectivity index (χ2n) is 8.08. The number of aromatic amines is 1. The maximum atomic E-state index is 14.3. The molecule has 0 bridgehead atoms. The predicted molar refractivity (Wildman–Crippen MR) is 123 cm³/mol. The SMILES string of the molecule is CN1CCN(c2cc(NC(=O)c3n[nH]c4ccc(-c5cccc(F)c5F)cc34)ccn2)CC1. The molecule has 0 spiro atoms. The Labute approximate surface area is 189 Å². The van der Waals surface area contributed by atoms with E-state index in [4.69, 9.17) is 0 Å². The molecule has 2 aromatic carbocycles. The smallest absolute Gasteiger partial charge is 0.276 e. The number of carbonyl (C=O) groups is 1. The van der Waals surface area contributed by atoms with E-state index in [9.17, 15) is 13.6 Å². The molecule has 1 aliphatic rings. The summed E-state index contributed by atoms with van der Waals surface area (Å²) in [6.45, 7) is 3.63. The first-order chi connectivity index (χ1) is 16.0. The highest BCUT2D eigenvalue weighted by molar-refractivity contribution is 6.11. The van der Waals surface area contributed by atoms with E-state index >= 15 is 0 Å². The topological polar surface area (TPSA) is 77.1 Å². The van der Waals surface area contributed by atoms with Gasteiger partial charge in [-0.3, -0.25) is 9.89 Å². The number of H-pyrrole nitrogens is 1. The van der Waals surface area contributed by atoms with Crippen LogP contribution in [0.15, 0.2) is 54.7 Å². The summed E-state index contributed by atoms with van der Waals surface area (Å²) in [6, 6.07) is 12.6. The number of carbonyl (C=O) groups excluding carboxylic acids is 1. The van der Waals surface area contributed by atoms with E-state index in [1.165, 1.54) is 12.1 Å². The highest BCUT2D eigenvalue weighted by Crippen LogP contribution is 2.29. The van der Waals surface area contributed by atoms with Gasteiger partial charge in [0.05, 0.1) is 5.52 Å². The molecule has 168 valence electrons. The molecule has 3 heterocycles. The quantitative estimate of drug-likeness (QED) is 0.495. The van der Waals surface area contributed by atoms with Gasteiger partial charge in [0.15, 0.2) is 17.3 Å². The van der Waals surface area contributed by atoms with E-state index in [1.54, 1.807) is 30.5 Å². The number of hydrogen-bond acceptors (Lipinski definition) is 5. The summed E-state index contributed by atoms with van der Waals surface area (Å²) in [5.41, 5.74) is 1.97. The van der Waals surface area contributed by atoms with E-state index in [1.807, 2.05) is 6.07 Å². The van der Waals surface area contributed by atoms with Gasteiger partial charge in [0, 0.05) is 55.1 Å². The molecule has 0 radical (unpaired) electrons. The van der Waals surface area contributed by atoms with Crippen molar-refractivity contribution in [2.75, 3.05) is 43.4 Å². The molecule has 0 aliphatic carbocycles. The summed E-state index contributed by atoms with van der Waals surface area (Å²) in [7, 11) is 2.09. The van der Waals surface area contributed by atoms with Gasteiger partial charge in [-0.05, 0) is 36.9 Å². The Hall–Kier alpha value is -3.85. The molecule has 9 heteroatoms. The number of anilines is 2. The number of aromatic nitrogens is 3. The van der Waals surface area contributed by atoms with Gasteiger partial charge in [0.25, 0.3) is 5.91 Å². The van der Waals surface area contributed by atoms with Gasteiger partial charge in [0.1, 0.15) is 5.82 Å².